The molecule has 0 spiro atoms. The van der Waals surface area contributed by atoms with Gasteiger partial charge < -0.3 is 29.5 Å². The summed E-state index contributed by atoms with van der Waals surface area (Å²) in [5.41, 5.74) is -0.634. The van der Waals surface area contributed by atoms with E-state index in [0.717, 1.165) is 26.1 Å². The Hall–Kier alpha value is 0.160. The van der Waals surface area contributed by atoms with Gasteiger partial charge in [-0.3, -0.25) is 0 Å². The second-order valence-electron chi connectivity index (χ2n) is 9.25. The zero-order chi connectivity index (χ0) is 21.2. The molecule has 3 unspecified atom stereocenters. The number of fused-ring (bicyclic) bond motifs is 2. The molecule has 0 saturated carbocycles. The summed E-state index contributed by atoms with van der Waals surface area (Å²) in [6.45, 7) is 8.76. The van der Waals surface area contributed by atoms with Crippen LogP contribution in [0.4, 0.5) is 0 Å². The number of allylic oxidation sites excluding steroid dienone is 1. The highest BCUT2D eigenvalue weighted by Gasteiger charge is 2.48. The molecule has 2 saturated heterocycles. The third kappa shape index (κ3) is 6.11. The highest BCUT2D eigenvalue weighted by Crippen LogP contribution is 2.35. The Morgan fingerprint density at radius 3 is 2.41 bits per heavy atom. The van der Waals surface area contributed by atoms with E-state index in [2.05, 4.69) is 15.7 Å². The maximum absolute atomic E-state index is 12.7. The lowest BCUT2D eigenvalue weighted by Gasteiger charge is -2.44. The Morgan fingerprint density at radius 2 is 1.76 bits per heavy atom. The number of aliphatic hydroxyl groups is 3. The lowest BCUT2D eigenvalue weighted by atomic mass is 9.93. The summed E-state index contributed by atoms with van der Waals surface area (Å²) in [4.78, 5) is 2.44. The lowest BCUT2D eigenvalue weighted by Crippen LogP contribution is -2.63. The van der Waals surface area contributed by atoms with Gasteiger partial charge in [0.1, 0.15) is 34.6 Å². The second kappa shape index (κ2) is 10.2. The summed E-state index contributed by atoms with van der Waals surface area (Å²) >= 11 is 0.185. The number of hydrogen-bond acceptors (Lipinski definition) is 8. The fourth-order valence-electron chi connectivity index (χ4n) is 3.99. The van der Waals surface area contributed by atoms with Crippen molar-refractivity contribution in [3.05, 3.63) is 12.2 Å². The smallest absolute Gasteiger partial charge is 0.136 e. The molecule has 3 aliphatic heterocycles. The van der Waals surface area contributed by atoms with Crippen molar-refractivity contribution in [3.63, 3.8) is 0 Å². The maximum atomic E-state index is 12.7. The normalized spacial score (nSPS) is 41.8. The first-order valence-corrected chi connectivity index (χ1v) is 12.7. The number of nitrogens with one attached hydrogen (secondary N) is 1. The molecule has 2 fully saturated rings. The van der Waals surface area contributed by atoms with Crippen LogP contribution in [-0.2, 0) is 16.1 Å². The minimum absolute atomic E-state index is 0.236. The van der Waals surface area contributed by atoms with Gasteiger partial charge in [0, 0.05) is 23.2 Å². The van der Waals surface area contributed by atoms with Crippen LogP contribution in [0, 0.1) is 0 Å². The Balaban J connectivity index is 1.77. The molecule has 8 atom stereocenters. The first-order valence-electron chi connectivity index (χ1n) is 10.6. The maximum Gasteiger partial charge on any atom is 0.136 e. The number of ether oxygens (including phenoxy) is 1. The summed E-state index contributed by atoms with van der Waals surface area (Å²) < 4.78 is 21.4. The van der Waals surface area contributed by atoms with Gasteiger partial charge in [0.2, 0.25) is 0 Å². The molecule has 0 radical (unpaired) electrons. The molecule has 2 bridgehead atoms. The van der Waals surface area contributed by atoms with Crippen LogP contribution in [0.1, 0.15) is 46.5 Å². The summed E-state index contributed by atoms with van der Waals surface area (Å²) in [5, 5.41) is 31.9. The molecule has 0 amide bonds. The number of hydrogen-bond donors (Lipinski definition) is 4. The van der Waals surface area contributed by atoms with Crippen molar-refractivity contribution in [2.45, 2.75) is 92.3 Å². The summed E-state index contributed by atoms with van der Waals surface area (Å²) in [6, 6.07) is -0.429. The van der Waals surface area contributed by atoms with Gasteiger partial charge in [-0.2, -0.15) is 0 Å². The van der Waals surface area contributed by atoms with Crippen molar-refractivity contribution in [2.24, 2.45) is 0 Å². The minimum Gasteiger partial charge on any atom is -0.598 e. The van der Waals surface area contributed by atoms with E-state index in [9.17, 15) is 19.9 Å². The zero-order valence-electron chi connectivity index (χ0n) is 17.6. The predicted octanol–water partition coefficient (Wildman–Crippen LogP) is 0.762. The number of thioether (sulfide) groups is 1. The molecule has 9 heteroatoms. The SMILES string of the molecule is CC(C)(C)[S@@+]([O-])N[C@@H]1C/C=C\C[C@@H](CN2CCCC2)SC2O[C@H]1C(O)C(O)[C@H]2O. The highest BCUT2D eigenvalue weighted by atomic mass is 32.2. The van der Waals surface area contributed by atoms with Crippen molar-refractivity contribution in [1.82, 2.24) is 9.62 Å². The third-order valence-electron chi connectivity index (χ3n) is 5.76. The molecule has 0 aliphatic carbocycles. The summed E-state index contributed by atoms with van der Waals surface area (Å²) in [7, 11) is 0. The predicted molar refractivity (Wildman–Crippen MR) is 117 cm³/mol. The van der Waals surface area contributed by atoms with Crippen LogP contribution >= 0.6 is 11.8 Å². The van der Waals surface area contributed by atoms with Crippen LogP contribution in [0.2, 0.25) is 0 Å². The Kier molecular flexibility index (Phi) is 8.36. The number of aliphatic hydroxyl groups excluding tert-OH is 3. The zero-order valence-corrected chi connectivity index (χ0v) is 19.2. The van der Waals surface area contributed by atoms with Crippen LogP contribution < -0.4 is 4.72 Å². The monoisotopic (exact) mass is 448 g/mol. The van der Waals surface area contributed by atoms with Gasteiger partial charge in [-0.05, 0) is 59.5 Å². The molecule has 168 valence electrons. The molecular formula is C20H36N2O5S2. The first kappa shape index (κ1) is 23.8. The molecule has 3 heterocycles. The molecular weight excluding hydrogens is 412 g/mol. The Labute approximate surface area is 181 Å². The lowest BCUT2D eigenvalue weighted by molar-refractivity contribution is -0.203. The topological polar surface area (TPSA) is 108 Å². The van der Waals surface area contributed by atoms with Crippen LogP contribution in [0.5, 0.6) is 0 Å². The molecule has 0 aromatic rings. The third-order valence-corrected chi connectivity index (χ3v) is 8.77. The molecule has 4 N–H and O–H groups in total. The quantitative estimate of drug-likeness (QED) is 0.369. The van der Waals surface area contributed by atoms with Crippen LogP contribution in [0.25, 0.3) is 0 Å². The number of likely N-dealkylation sites (tertiary alicyclic amines) is 1. The highest BCUT2D eigenvalue weighted by molar-refractivity contribution is 8.00. The van der Waals surface area contributed by atoms with E-state index in [0.29, 0.717) is 6.42 Å². The molecule has 29 heavy (non-hydrogen) atoms. The Bertz CT molecular complexity index is 555. The van der Waals surface area contributed by atoms with Crippen molar-refractivity contribution < 1.29 is 24.6 Å². The first-order chi connectivity index (χ1) is 13.7. The van der Waals surface area contributed by atoms with Gasteiger partial charge in [0.15, 0.2) is 0 Å². The average Bonchev–Trinajstić information content (AvgIpc) is 3.16. The van der Waals surface area contributed by atoms with Gasteiger partial charge >= 0.3 is 0 Å². The summed E-state index contributed by atoms with van der Waals surface area (Å²) in [5.74, 6) is 0. The van der Waals surface area contributed by atoms with Crippen molar-refractivity contribution in [2.75, 3.05) is 19.6 Å². The molecule has 0 aromatic heterocycles. The fraction of sp³-hybridized carbons (Fsp3) is 0.900. The van der Waals surface area contributed by atoms with Crippen molar-refractivity contribution >= 4 is 23.1 Å². The van der Waals surface area contributed by atoms with Gasteiger partial charge in [0.25, 0.3) is 0 Å². The van der Waals surface area contributed by atoms with E-state index in [-0.39, 0.29) is 5.25 Å². The average molecular weight is 449 g/mol. The number of nitrogens with zero attached hydrogens (tertiary/aromatic N) is 1. The van der Waals surface area contributed by atoms with E-state index in [1.807, 2.05) is 26.8 Å². The van der Waals surface area contributed by atoms with Gasteiger partial charge in [-0.25, -0.2) is 0 Å². The van der Waals surface area contributed by atoms with Crippen LogP contribution in [0.15, 0.2) is 12.2 Å². The van der Waals surface area contributed by atoms with E-state index < -0.39 is 52.0 Å². The van der Waals surface area contributed by atoms with E-state index >= 15 is 0 Å². The fourth-order valence-corrected chi connectivity index (χ4v) is 6.26. The van der Waals surface area contributed by atoms with Crippen molar-refractivity contribution in [3.8, 4) is 0 Å². The van der Waals surface area contributed by atoms with Crippen LogP contribution in [-0.4, -0.2) is 90.3 Å². The standard InChI is InChI=1S/C20H36N2O5S2/c1-20(2,3)29(26)21-14-9-5-4-8-13(12-22-10-6-7-11-22)28-19-17(25)15(23)16(24)18(14)27-19/h4-5,13-19,21,23-25H,6-12H2,1-3H3/b5-4-/t13-,14+,15?,16?,17+,18+,19?,29+/m0/s1. The van der Waals surface area contributed by atoms with E-state index in [4.69, 9.17) is 4.74 Å². The van der Waals surface area contributed by atoms with Gasteiger partial charge in [0.05, 0.1) is 6.04 Å². The largest absolute Gasteiger partial charge is 0.598 e. The van der Waals surface area contributed by atoms with E-state index in [1.165, 1.54) is 24.6 Å². The van der Waals surface area contributed by atoms with Crippen LogP contribution in [0.3, 0.4) is 0 Å². The molecule has 3 rings (SSSR count). The number of rotatable bonds is 4. The summed E-state index contributed by atoms with van der Waals surface area (Å²) in [6.07, 6.45) is 3.53. The Morgan fingerprint density at radius 1 is 1.10 bits per heavy atom. The molecule has 0 aromatic carbocycles. The van der Waals surface area contributed by atoms with Gasteiger partial charge in [-0.1, -0.05) is 12.2 Å². The second-order valence-corrected chi connectivity index (χ2v) is 12.7. The molecule has 3 aliphatic rings. The van der Waals surface area contributed by atoms with E-state index in [1.54, 1.807) is 0 Å². The minimum atomic E-state index is -1.35. The molecule has 7 nitrogen and oxygen atoms in total. The van der Waals surface area contributed by atoms with Crippen molar-refractivity contribution in [1.29, 1.82) is 0 Å². The van der Waals surface area contributed by atoms with Gasteiger partial charge in [-0.15, -0.1) is 16.5 Å².